The number of hydrogen-bond acceptors (Lipinski definition) is 3. The van der Waals surface area contributed by atoms with Gasteiger partial charge in [0.1, 0.15) is 11.9 Å². The average Bonchev–Trinajstić information content (AvgIpc) is 2.80. The van der Waals surface area contributed by atoms with E-state index in [0.29, 0.717) is 21.3 Å². The predicted octanol–water partition coefficient (Wildman–Crippen LogP) is 3.87. The number of carboxylic acids is 1. The minimum Gasteiger partial charge on any atom is -0.478 e. The normalized spacial score (nSPS) is 17.2. The molecule has 1 aliphatic rings. The number of carbonyl (C=O) groups is 1. The molecule has 0 fully saturated rings. The van der Waals surface area contributed by atoms with Gasteiger partial charge in [0, 0.05) is 17.3 Å². The number of fused-ring (bicyclic) bond motifs is 1. The molecule has 114 valence electrons. The number of benzene rings is 1. The molecule has 1 aliphatic heterocycles. The van der Waals surface area contributed by atoms with E-state index < -0.39 is 12.0 Å². The molecule has 1 atom stereocenters. The molecule has 2 aromatic rings. The fourth-order valence-electron chi connectivity index (χ4n) is 2.69. The molecule has 7 heteroatoms. The standard InChI is InChI=1S/C15H13Cl2N3O2/c1-7-6-11-18-8(2)12(15(21)22)14(20(11)19-7)9-4-3-5-10(16)13(9)17/h3-6,14,18H,1-2H3,(H,21,22). The number of aromatic nitrogens is 2. The molecule has 2 N–H and O–H groups in total. The van der Waals surface area contributed by atoms with E-state index in [0.717, 1.165) is 11.5 Å². The first kappa shape index (κ1) is 14.9. The topological polar surface area (TPSA) is 67.1 Å². The zero-order valence-electron chi connectivity index (χ0n) is 11.9. The van der Waals surface area contributed by atoms with Crippen LogP contribution in [-0.2, 0) is 4.79 Å². The molecule has 0 saturated heterocycles. The Labute approximate surface area is 137 Å². The number of carboxylic acid groups (broad SMARTS) is 1. The maximum atomic E-state index is 11.7. The highest BCUT2D eigenvalue weighted by molar-refractivity contribution is 6.42. The molecule has 3 rings (SSSR count). The lowest BCUT2D eigenvalue weighted by atomic mass is 9.95. The number of aliphatic carboxylic acids is 1. The predicted molar refractivity (Wildman–Crippen MR) is 85.5 cm³/mol. The van der Waals surface area contributed by atoms with Gasteiger partial charge >= 0.3 is 5.97 Å². The molecule has 1 unspecified atom stereocenters. The smallest absolute Gasteiger partial charge is 0.335 e. The largest absolute Gasteiger partial charge is 0.478 e. The number of hydrogen-bond donors (Lipinski definition) is 2. The van der Waals surface area contributed by atoms with Crippen LogP contribution in [0.5, 0.6) is 0 Å². The zero-order chi connectivity index (χ0) is 16.0. The van der Waals surface area contributed by atoms with Crippen LogP contribution in [0.3, 0.4) is 0 Å². The summed E-state index contributed by atoms with van der Waals surface area (Å²) in [6.45, 7) is 3.57. The van der Waals surface area contributed by atoms with Crippen LogP contribution in [0, 0.1) is 6.92 Å². The van der Waals surface area contributed by atoms with E-state index in [4.69, 9.17) is 23.2 Å². The average molecular weight is 338 g/mol. The summed E-state index contributed by atoms with van der Waals surface area (Å²) in [5, 5.41) is 17.8. The van der Waals surface area contributed by atoms with E-state index in [1.807, 2.05) is 13.0 Å². The number of allylic oxidation sites excluding steroid dienone is 1. The van der Waals surface area contributed by atoms with Gasteiger partial charge in [-0.05, 0) is 19.9 Å². The van der Waals surface area contributed by atoms with Crippen LogP contribution in [0.4, 0.5) is 5.82 Å². The Balaban J connectivity index is 2.29. The lowest BCUT2D eigenvalue weighted by Gasteiger charge is -2.28. The van der Waals surface area contributed by atoms with Crippen LogP contribution < -0.4 is 5.32 Å². The Bertz CT molecular complexity index is 811. The van der Waals surface area contributed by atoms with Crippen molar-refractivity contribution in [2.75, 3.05) is 5.32 Å². The van der Waals surface area contributed by atoms with Gasteiger partial charge in [0.25, 0.3) is 0 Å². The molecule has 0 radical (unpaired) electrons. The molecule has 0 spiro atoms. The molecule has 22 heavy (non-hydrogen) atoms. The first-order valence-electron chi connectivity index (χ1n) is 6.61. The third kappa shape index (κ3) is 2.26. The van der Waals surface area contributed by atoms with E-state index in [9.17, 15) is 9.90 Å². The fourth-order valence-corrected chi connectivity index (χ4v) is 3.10. The van der Waals surface area contributed by atoms with Crippen LogP contribution in [0.15, 0.2) is 35.5 Å². The van der Waals surface area contributed by atoms with Crippen molar-refractivity contribution in [3.05, 3.63) is 56.8 Å². The Kier molecular flexibility index (Phi) is 3.62. The van der Waals surface area contributed by atoms with Gasteiger partial charge in [0.05, 0.1) is 21.3 Å². The SMILES string of the molecule is CC1=C(C(=O)O)C(c2cccc(Cl)c2Cl)n2nc(C)cc2N1. The molecule has 5 nitrogen and oxygen atoms in total. The van der Waals surface area contributed by atoms with Crippen LogP contribution in [0.2, 0.25) is 10.0 Å². The fraction of sp³-hybridized carbons (Fsp3) is 0.200. The van der Waals surface area contributed by atoms with Gasteiger partial charge in [0.2, 0.25) is 0 Å². The minimum absolute atomic E-state index is 0.194. The van der Waals surface area contributed by atoms with Gasteiger partial charge in [-0.15, -0.1) is 0 Å². The number of nitrogens with zero attached hydrogens (tertiary/aromatic N) is 2. The van der Waals surface area contributed by atoms with Crippen molar-refractivity contribution in [3.63, 3.8) is 0 Å². The van der Waals surface area contributed by atoms with Gasteiger partial charge in [-0.3, -0.25) is 0 Å². The summed E-state index contributed by atoms with van der Waals surface area (Å²) < 4.78 is 1.63. The quantitative estimate of drug-likeness (QED) is 0.872. The Morgan fingerprint density at radius 2 is 2.09 bits per heavy atom. The summed E-state index contributed by atoms with van der Waals surface area (Å²) in [5.74, 6) is -0.300. The first-order valence-corrected chi connectivity index (χ1v) is 7.37. The Morgan fingerprint density at radius 3 is 2.77 bits per heavy atom. The second-order valence-corrected chi connectivity index (χ2v) is 5.92. The van der Waals surface area contributed by atoms with Crippen LogP contribution in [-0.4, -0.2) is 20.9 Å². The highest BCUT2D eigenvalue weighted by atomic mass is 35.5. The highest BCUT2D eigenvalue weighted by Crippen LogP contribution is 2.40. The summed E-state index contributed by atoms with van der Waals surface area (Å²) in [6.07, 6.45) is 0. The third-order valence-corrected chi connectivity index (χ3v) is 4.44. The highest BCUT2D eigenvalue weighted by Gasteiger charge is 2.34. The van der Waals surface area contributed by atoms with Crippen molar-refractivity contribution in [3.8, 4) is 0 Å². The van der Waals surface area contributed by atoms with E-state index in [2.05, 4.69) is 10.4 Å². The number of anilines is 1. The second kappa shape index (κ2) is 5.34. The number of nitrogens with one attached hydrogen (secondary N) is 1. The maximum Gasteiger partial charge on any atom is 0.335 e. The van der Waals surface area contributed by atoms with Crippen LogP contribution in [0.25, 0.3) is 0 Å². The minimum atomic E-state index is -1.02. The Morgan fingerprint density at radius 1 is 1.36 bits per heavy atom. The summed E-state index contributed by atoms with van der Waals surface area (Å²) in [6, 6.07) is 6.40. The van der Waals surface area contributed by atoms with E-state index >= 15 is 0 Å². The molecule has 2 heterocycles. The molecule has 0 amide bonds. The zero-order valence-corrected chi connectivity index (χ0v) is 13.4. The second-order valence-electron chi connectivity index (χ2n) is 5.13. The monoisotopic (exact) mass is 337 g/mol. The lowest BCUT2D eigenvalue weighted by molar-refractivity contribution is -0.133. The van der Waals surface area contributed by atoms with Crippen molar-refractivity contribution in [2.45, 2.75) is 19.9 Å². The first-order chi connectivity index (χ1) is 10.4. The summed E-state index contributed by atoms with van der Waals surface area (Å²) in [5.41, 5.74) is 2.14. The van der Waals surface area contributed by atoms with Gasteiger partial charge in [0.15, 0.2) is 0 Å². The van der Waals surface area contributed by atoms with Gasteiger partial charge in [-0.2, -0.15) is 5.10 Å². The van der Waals surface area contributed by atoms with Crippen LogP contribution in [0.1, 0.15) is 24.2 Å². The molecule has 1 aromatic heterocycles. The molecular weight excluding hydrogens is 325 g/mol. The number of rotatable bonds is 2. The van der Waals surface area contributed by atoms with E-state index in [1.54, 1.807) is 29.8 Å². The van der Waals surface area contributed by atoms with Gasteiger partial charge < -0.3 is 10.4 Å². The van der Waals surface area contributed by atoms with E-state index in [1.165, 1.54) is 0 Å². The molecule has 0 saturated carbocycles. The van der Waals surface area contributed by atoms with Crippen molar-refractivity contribution >= 4 is 35.0 Å². The molecule has 1 aromatic carbocycles. The number of aryl methyl sites for hydroxylation is 1. The van der Waals surface area contributed by atoms with Crippen molar-refractivity contribution in [1.82, 2.24) is 9.78 Å². The van der Waals surface area contributed by atoms with Gasteiger partial charge in [-0.25, -0.2) is 9.48 Å². The van der Waals surface area contributed by atoms with Crippen molar-refractivity contribution in [2.24, 2.45) is 0 Å². The van der Waals surface area contributed by atoms with Crippen molar-refractivity contribution < 1.29 is 9.90 Å². The van der Waals surface area contributed by atoms with E-state index in [-0.39, 0.29) is 5.57 Å². The van der Waals surface area contributed by atoms with Crippen LogP contribution >= 0.6 is 23.2 Å². The maximum absolute atomic E-state index is 11.7. The van der Waals surface area contributed by atoms with Gasteiger partial charge in [-0.1, -0.05) is 35.3 Å². The summed E-state index contributed by atoms with van der Waals surface area (Å²) in [4.78, 5) is 11.7. The van der Waals surface area contributed by atoms with Crippen molar-refractivity contribution in [1.29, 1.82) is 0 Å². The number of halogens is 2. The lowest BCUT2D eigenvalue weighted by Crippen LogP contribution is -2.28. The summed E-state index contributed by atoms with van der Waals surface area (Å²) in [7, 11) is 0. The Hall–Kier alpha value is -1.98. The molecular formula is C15H13Cl2N3O2. The summed E-state index contributed by atoms with van der Waals surface area (Å²) >= 11 is 12.4. The third-order valence-electron chi connectivity index (χ3n) is 3.60. The molecule has 0 aliphatic carbocycles. The molecule has 0 bridgehead atoms.